The van der Waals surface area contributed by atoms with Crippen LogP contribution >= 0.6 is 0 Å². The fourth-order valence-corrected chi connectivity index (χ4v) is 2.05. The van der Waals surface area contributed by atoms with E-state index in [2.05, 4.69) is 29.2 Å². The third-order valence-corrected chi connectivity index (χ3v) is 3.27. The zero-order chi connectivity index (χ0) is 11.5. The Labute approximate surface area is 95.5 Å². The molecule has 0 aliphatic carbocycles. The number of piperidine rings is 1. The van der Waals surface area contributed by atoms with Gasteiger partial charge in [-0.25, -0.2) is 9.78 Å². The quantitative estimate of drug-likeness (QED) is 0.769. The second-order valence-electron chi connectivity index (χ2n) is 4.47. The Morgan fingerprint density at radius 2 is 2.38 bits per heavy atom. The van der Waals surface area contributed by atoms with Crippen molar-refractivity contribution in [2.45, 2.75) is 31.8 Å². The van der Waals surface area contributed by atoms with Gasteiger partial charge in [0.05, 0.1) is 0 Å². The van der Waals surface area contributed by atoms with Crippen molar-refractivity contribution in [2.75, 3.05) is 13.6 Å². The lowest BCUT2D eigenvalue weighted by Crippen LogP contribution is -2.48. The van der Waals surface area contributed by atoms with Crippen molar-refractivity contribution in [1.82, 2.24) is 19.8 Å². The van der Waals surface area contributed by atoms with E-state index in [9.17, 15) is 4.79 Å². The first-order valence-corrected chi connectivity index (χ1v) is 5.66. The van der Waals surface area contributed by atoms with Gasteiger partial charge in [-0.1, -0.05) is 0 Å². The number of imidazole rings is 1. The molecule has 1 saturated heterocycles. The summed E-state index contributed by atoms with van der Waals surface area (Å²) in [4.78, 5) is 17.9. The van der Waals surface area contributed by atoms with Gasteiger partial charge in [-0.15, -0.1) is 0 Å². The van der Waals surface area contributed by atoms with Gasteiger partial charge in [0.15, 0.2) is 0 Å². The van der Waals surface area contributed by atoms with Crippen molar-refractivity contribution in [3.8, 4) is 0 Å². The summed E-state index contributed by atoms with van der Waals surface area (Å²) in [6.45, 7) is 3.23. The van der Waals surface area contributed by atoms with Gasteiger partial charge in [0, 0.05) is 31.0 Å². The van der Waals surface area contributed by atoms with Crippen LogP contribution in [0.3, 0.4) is 0 Å². The number of hydrogen-bond acceptors (Lipinski definition) is 3. The molecule has 0 spiro atoms. The first-order chi connectivity index (χ1) is 7.66. The summed E-state index contributed by atoms with van der Waals surface area (Å²) in [5.41, 5.74) is 0. The monoisotopic (exact) mass is 222 g/mol. The van der Waals surface area contributed by atoms with E-state index in [4.69, 9.17) is 0 Å². The molecule has 1 aliphatic heterocycles. The maximum atomic E-state index is 11.8. The molecule has 16 heavy (non-hydrogen) atoms. The van der Waals surface area contributed by atoms with Gasteiger partial charge in [0.1, 0.15) is 6.33 Å². The average Bonchev–Trinajstić information content (AvgIpc) is 2.77. The molecule has 2 rings (SSSR count). The lowest BCUT2D eigenvalue weighted by molar-refractivity contribution is 0.168. The molecule has 1 amide bonds. The van der Waals surface area contributed by atoms with E-state index in [1.54, 1.807) is 12.4 Å². The van der Waals surface area contributed by atoms with Gasteiger partial charge in [-0.05, 0) is 26.8 Å². The molecule has 1 aromatic rings. The van der Waals surface area contributed by atoms with Crippen LogP contribution < -0.4 is 5.32 Å². The molecule has 88 valence electrons. The van der Waals surface area contributed by atoms with Crippen LogP contribution in [0.5, 0.6) is 0 Å². The third-order valence-electron chi connectivity index (χ3n) is 3.27. The standard InChI is InChI=1S/C11H18N4O/c1-9-7-10(3-5-14(9)2)13-11(16)15-6-4-12-8-15/h4,6,8-10H,3,5,7H2,1-2H3,(H,13,16). The Morgan fingerprint density at radius 3 is 3.00 bits per heavy atom. The summed E-state index contributed by atoms with van der Waals surface area (Å²) in [7, 11) is 2.12. The molecule has 5 heteroatoms. The SMILES string of the molecule is CC1CC(NC(=O)n2ccnc2)CCN1C. The molecular formula is C11H18N4O. The smallest absolute Gasteiger partial charge is 0.327 e. The van der Waals surface area contributed by atoms with Crippen molar-refractivity contribution >= 4 is 6.03 Å². The fourth-order valence-electron chi connectivity index (χ4n) is 2.05. The topological polar surface area (TPSA) is 50.2 Å². The molecule has 1 aromatic heterocycles. The number of likely N-dealkylation sites (tertiary alicyclic amines) is 1. The molecule has 0 saturated carbocycles. The maximum absolute atomic E-state index is 11.8. The highest BCUT2D eigenvalue weighted by Gasteiger charge is 2.24. The Hall–Kier alpha value is -1.36. The maximum Gasteiger partial charge on any atom is 0.327 e. The number of carbonyl (C=O) groups excluding carboxylic acids is 1. The second-order valence-corrected chi connectivity index (χ2v) is 4.47. The Morgan fingerprint density at radius 1 is 1.56 bits per heavy atom. The summed E-state index contributed by atoms with van der Waals surface area (Å²) >= 11 is 0. The summed E-state index contributed by atoms with van der Waals surface area (Å²) in [6, 6.07) is 0.724. The Balaban J connectivity index is 1.89. The van der Waals surface area contributed by atoms with E-state index in [1.807, 2.05) is 0 Å². The van der Waals surface area contributed by atoms with Crippen molar-refractivity contribution < 1.29 is 4.79 Å². The van der Waals surface area contributed by atoms with Crippen molar-refractivity contribution in [3.05, 3.63) is 18.7 Å². The highest BCUT2D eigenvalue weighted by Crippen LogP contribution is 2.15. The van der Waals surface area contributed by atoms with Gasteiger partial charge in [-0.3, -0.25) is 4.57 Å². The molecule has 0 radical (unpaired) electrons. The first-order valence-electron chi connectivity index (χ1n) is 5.66. The number of hydrogen-bond donors (Lipinski definition) is 1. The second kappa shape index (κ2) is 4.65. The van der Waals surface area contributed by atoms with E-state index in [0.29, 0.717) is 6.04 Å². The lowest BCUT2D eigenvalue weighted by atomic mass is 9.99. The summed E-state index contributed by atoms with van der Waals surface area (Å²) in [5.74, 6) is 0. The molecular weight excluding hydrogens is 204 g/mol. The first kappa shape index (κ1) is 11.1. The van der Waals surface area contributed by atoms with Crippen LogP contribution in [0.25, 0.3) is 0 Å². The van der Waals surface area contributed by atoms with E-state index in [-0.39, 0.29) is 12.1 Å². The molecule has 2 unspecified atom stereocenters. The molecule has 1 aliphatic rings. The fraction of sp³-hybridized carbons (Fsp3) is 0.636. The van der Waals surface area contributed by atoms with Crippen molar-refractivity contribution in [3.63, 3.8) is 0 Å². The van der Waals surface area contributed by atoms with Gasteiger partial charge in [0.2, 0.25) is 0 Å². The minimum atomic E-state index is -0.0840. The van der Waals surface area contributed by atoms with Gasteiger partial charge in [-0.2, -0.15) is 0 Å². The predicted molar refractivity (Wildman–Crippen MR) is 61.3 cm³/mol. The molecule has 0 aromatic carbocycles. The summed E-state index contributed by atoms with van der Waals surface area (Å²) in [5, 5.41) is 3.03. The van der Waals surface area contributed by atoms with E-state index in [1.165, 1.54) is 10.9 Å². The van der Waals surface area contributed by atoms with E-state index < -0.39 is 0 Å². The van der Waals surface area contributed by atoms with Gasteiger partial charge >= 0.3 is 6.03 Å². The number of nitrogens with one attached hydrogen (secondary N) is 1. The number of nitrogens with zero attached hydrogens (tertiary/aromatic N) is 3. The normalized spacial score (nSPS) is 26.6. The summed E-state index contributed by atoms with van der Waals surface area (Å²) in [6.07, 6.45) is 6.82. The Kier molecular flexibility index (Phi) is 3.24. The highest BCUT2D eigenvalue weighted by molar-refractivity contribution is 5.76. The van der Waals surface area contributed by atoms with Crippen molar-refractivity contribution in [2.24, 2.45) is 0 Å². The van der Waals surface area contributed by atoms with Crippen LogP contribution in [0, 0.1) is 0 Å². The minimum Gasteiger partial charge on any atom is -0.335 e. The zero-order valence-corrected chi connectivity index (χ0v) is 9.76. The number of carbonyl (C=O) groups is 1. The number of amides is 1. The molecule has 0 bridgehead atoms. The van der Waals surface area contributed by atoms with Crippen molar-refractivity contribution in [1.29, 1.82) is 0 Å². The average molecular weight is 222 g/mol. The van der Waals surface area contributed by atoms with Crippen LogP contribution in [-0.4, -0.2) is 46.2 Å². The predicted octanol–water partition coefficient (Wildman–Crippen LogP) is 0.923. The molecule has 2 heterocycles. The Bertz CT molecular complexity index is 349. The number of rotatable bonds is 1. The zero-order valence-electron chi connectivity index (χ0n) is 9.76. The highest BCUT2D eigenvalue weighted by atomic mass is 16.2. The van der Waals surface area contributed by atoms with Crippen LogP contribution in [0.2, 0.25) is 0 Å². The minimum absolute atomic E-state index is 0.0840. The lowest BCUT2D eigenvalue weighted by Gasteiger charge is -2.35. The van der Waals surface area contributed by atoms with Crippen LogP contribution in [0.1, 0.15) is 19.8 Å². The summed E-state index contributed by atoms with van der Waals surface area (Å²) < 4.78 is 1.48. The molecule has 5 nitrogen and oxygen atoms in total. The third kappa shape index (κ3) is 2.41. The molecule has 1 fully saturated rings. The molecule has 2 atom stereocenters. The van der Waals surface area contributed by atoms with Crippen LogP contribution in [0.4, 0.5) is 4.79 Å². The van der Waals surface area contributed by atoms with Crippen LogP contribution in [-0.2, 0) is 0 Å². The number of aromatic nitrogens is 2. The van der Waals surface area contributed by atoms with Gasteiger partial charge < -0.3 is 10.2 Å². The van der Waals surface area contributed by atoms with Crippen LogP contribution in [0.15, 0.2) is 18.7 Å². The van der Waals surface area contributed by atoms with Gasteiger partial charge in [0.25, 0.3) is 0 Å². The van der Waals surface area contributed by atoms with E-state index in [0.717, 1.165) is 19.4 Å². The van der Waals surface area contributed by atoms with E-state index >= 15 is 0 Å². The molecule has 1 N–H and O–H groups in total. The largest absolute Gasteiger partial charge is 0.335 e.